The molecule has 2 N–H and O–H groups in total. The summed E-state index contributed by atoms with van der Waals surface area (Å²) in [4.78, 5) is 6.89. The van der Waals surface area contributed by atoms with Crippen LogP contribution in [0.15, 0.2) is 18.3 Å². The van der Waals surface area contributed by atoms with Gasteiger partial charge < -0.3 is 10.6 Å². The number of hydrogen-bond donors (Lipinski definition) is 1. The van der Waals surface area contributed by atoms with E-state index in [1.54, 1.807) is 0 Å². The molecule has 1 fully saturated rings. The average Bonchev–Trinajstić information content (AvgIpc) is 2.82. The zero-order valence-corrected chi connectivity index (χ0v) is 11.6. The first-order chi connectivity index (χ1) is 9.17. The van der Waals surface area contributed by atoms with Gasteiger partial charge in [0.15, 0.2) is 5.65 Å². The third-order valence-corrected chi connectivity index (χ3v) is 4.08. The van der Waals surface area contributed by atoms with Gasteiger partial charge in [0.25, 0.3) is 0 Å². The summed E-state index contributed by atoms with van der Waals surface area (Å²) in [6.45, 7) is 6.19. The lowest BCUT2D eigenvalue weighted by Crippen LogP contribution is -2.47. The molecule has 5 heteroatoms. The molecule has 2 aromatic heterocycles. The second-order valence-corrected chi connectivity index (χ2v) is 5.49. The minimum Gasteiger partial charge on any atom is -0.339 e. The van der Waals surface area contributed by atoms with Crippen LogP contribution in [0.1, 0.15) is 25.3 Å². The minimum absolute atomic E-state index is 0.320. The Kier molecular flexibility index (Phi) is 3.14. The van der Waals surface area contributed by atoms with Crippen LogP contribution in [-0.2, 0) is 0 Å². The van der Waals surface area contributed by atoms with Crippen LogP contribution in [0, 0.1) is 12.8 Å². The molecule has 0 amide bonds. The van der Waals surface area contributed by atoms with Crippen LogP contribution in [0.3, 0.4) is 0 Å². The van der Waals surface area contributed by atoms with Gasteiger partial charge in [-0.3, -0.25) is 0 Å². The smallest absolute Gasteiger partial charge is 0.245 e. The predicted molar refractivity (Wildman–Crippen MR) is 76.3 cm³/mol. The summed E-state index contributed by atoms with van der Waals surface area (Å²) < 4.78 is 1.85. The van der Waals surface area contributed by atoms with E-state index in [9.17, 15) is 0 Å². The van der Waals surface area contributed by atoms with E-state index in [1.165, 1.54) is 5.56 Å². The van der Waals surface area contributed by atoms with Crippen molar-refractivity contribution in [1.29, 1.82) is 0 Å². The number of aryl methyl sites for hydroxylation is 1. The lowest BCUT2D eigenvalue weighted by Gasteiger charge is -2.35. The monoisotopic (exact) mass is 259 g/mol. The molecule has 2 aromatic rings. The average molecular weight is 259 g/mol. The third kappa shape index (κ3) is 2.30. The number of fused-ring (bicyclic) bond motifs is 1. The molecule has 3 heterocycles. The highest BCUT2D eigenvalue weighted by atomic mass is 15.4. The van der Waals surface area contributed by atoms with Crippen molar-refractivity contribution in [3.05, 3.63) is 23.9 Å². The number of nitrogens with zero attached hydrogens (tertiary/aromatic N) is 4. The van der Waals surface area contributed by atoms with Crippen LogP contribution in [0.25, 0.3) is 5.65 Å². The molecule has 0 aliphatic carbocycles. The number of piperidine rings is 1. The Labute approximate surface area is 113 Å². The number of hydrogen-bond acceptors (Lipinski definition) is 4. The number of anilines is 1. The van der Waals surface area contributed by atoms with Gasteiger partial charge in [-0.1, -0.05) is 13.3 Å². The molecule has 1 aliphatic rings. The van der Waals surface area contributed by atoms with Crippen LogP contribution in [0.2, 0.25) is 0 Å². The summed E-state index contributed by atoms with van der Waals surface area (Å²) in [5, 5.41) is 4.56. The van der Waals surface area contributed by atoms with E-state index >= 15 is 0 Å². The SMILES string of the molecule is CCC1CN(c2nc3cc(C)ccn3n2)CCC1N. The van der Waals surface area contributed by atoms with Gasteiger partial charge in [-0.25, -0.2) is 4.52 Å². The molecule has 2 atom stereocenters. The Bertz CT molecular complexity index is 576. The standard InChI is InChI=1S/C14H21N5/c1-3-11-9-18(6-5-12(11)15)14-16-13-8-10(2)4-7-19(13)17-14/h4,7-8,11-12H,3,5-6,9,15H2,1-2H3. The maximum absolute atomic E-state index is 6.15. The minimum atomic E-state index is 0.320. The van der Waals surface area contributed by atoms with Crippen molar-refractivity contribution in [2.75, 3.05) is 18.0 Å². The summed E-state index contributed by atoms with van der Waals surface area (Å²) in [5.41, 5.74) is 8.27. The van der Waals surface area contributed by atoms with Crippen molar-refractivity contribution in [3.63, 3.8) is 0 Å². The zero-order chi connectivity index (χ0) is 13.4. The summed E-state index contributed by atoms with van der Waals surface area (Å²) in [5.74, 6) is 1.37. The van der Waals surface area contributed by atoms with Gasteiger partial charge in [-0.2, -0.15) is 4.98 Å². The fraction of sp³-hybridized carbons (Fsp3) is 0.571. The number of pyridine rings is 1. The summed E-state index contributed by atoms with van der Waals surface area (Å²) in [6, 6.07) is 4.43. The van der Waals surface area contributed by atoms with Crippen molar-refractivity contribution >= 4 is 11.6 Å². The predicted octanol–water partition coefficient (Wildman–Crippen LogP) is 1.60. The topological polar surface area (TPSA) is 59.5 Å². The van der Waals surface area contributed by atoms with Crippen LogP contribution in [0.5, 0.6) is 0 Å². The normalized spacial score (nSPS) is 24.1. The molecule has 3 rings (SSSR count). The van der Waals surface area contributed by atoms with Crippen molar-refractivity contribution < 1.29 is 0 Å². The van der Waals surface area contributed by atoms with Gasteiger partial charge in [0.2, 0.25) is 5.95 Å². The fourth-order valence-electron chi connectivity index (χ4n) is 2.77. The molecule has 0 radical (unpaired) electrons. The maximum atomic E-state index is 6.15. The fourth-order valence-corrected chi connectivity index (χ4v) is 2.77. The third-order valence-electron chi connectivity index (χ3n) is 4.08. The summed E-state index contributed by atoms with van der Waals surface area (Å²) in [7, 11) is 0. The lowest BCUT2D eigenvalue weighted by molar-refractivity contribution is 0.345. The zero-order valence-electron chi connectivity index (χ0n) is 11.6. The molecule has 0 saturated carbocycles. The van der Waals surface area contributed by atoms with E-state index in [4.69, 9.17) is 5.73 Å². The summed E-state index contributed by atoms with van der Waals surface area (Å²) >= 11 is 0. The highest BCUT2D eigenvalue weighted by Gasteiger charge is 2.27. The molecule has 102 valence electrons. The van der Waals surface area contributed by atoms with E-state index < -0.39 is 0 Å². The first kappa shape index (κ1) is 12.4. The molecule has 1 aliphatic heterocycles. The van der Waals surface area contributed by atoms with Gasteiger partial charge in [-0.05, 0) is 37.0 Å². The van der Waals surface area contributed by atoms with Gasteiger partial charge in [0.05, 0.1) is 0 Å². The molecule has 2 unspecified atom stereocenters. The van der Waals surface area contributed by atoms with E-state index in [0.29, 0.717) is 12.0 Å². The largest absolute Gasteiger partial charge is 0.339 e. The number of nitrogens with two attached hydrogens (primary N) is 1. The molecule has 0 aromatic carbocycles. The summed E-state index contributed by atoms with van der Waals surface area (Å²) in [6.07, 6.45) is 4.10. The van der Waals surface area contributed by atoms with E-state index in [1.807, 2.05) is 16.8 Å². The van der Waals surface area contributed by atoms with E-state index in [2.05, 4.69) is 34.9 Å². The second kappa shape index (κ2) is 4.81. The van der Waals surface area contributed by atoms with Crippen LogP contribution in [-0.4, -0.2) is 33.7 Å². The Hall–Kier alpha value is -1.62. The van der Waals surface area contributed by atoms with Crippen molar-refractivity contribution in [2.24, 2.45) is 11.7 Å². The molecule has 0 bridgehead atoms. The second-order valence-electron chi connectivity index (χ2n) is 5.49. The Balaban J connectivity index is 1.87. The molecule has 1 saturated heterocycles. The molecule has 19 heavy (non-hydrogen) atoms. The Morgan fingerprint density at radius 1 is 1.47 bits per heavy atom. The first-order valence-electron chi connectivity index (χ1n) is 7.01. The van der Waals surface area contributed by atoms with Gasteiger partial charge in [0, 0.05) is 25.3 Å². The van der Waals surface area contributed by atoms with Crippen molar-refractivity contribution in [3.8, 4) is 0 Å². The number of rotatable bonds is 2. The Morgan fingerprint density at radius 2 is 2.32 bits per heavy atom. The van der Waals surface area contributed by atoms with Gasteiger partial charge in [0.1, 0.15) is 0 Å². The van der Waals surface area contributed by atoms with E-state index in [-0.39, 0.29) is 0 Å². The highest BCUT2D eigenvalue weighted by Crippen LogP contribution is 2.22. The maximum Gasteiger partial charge on any atom is 0.245 e. The van der Waals surface area contributed by atoms with E-state index in [0.717, 1.165) is 37.5 Å². The van der Waals surface area contributed by atoms with Gasteiger partial charge in [-0.15, -0.1) is 5.10 Å². The van der Waals surface area contributed by atoms with Crippen LogP contribution in [0.4, 0.5) is 5.95 Å². The molecular formula is C14H21N5. The number of aromatic nitrogens is 3. The first-order valence-corrected chi connectivity index (χ1v) is 7.01. The quantitative estimate of drug-likeness (QED) is 0.890. The molecular weight excluding hydrogens is 238 g/mol. The van der Waals surface area contributed by atoms with Crippen LogP contribution >= 0.6 is 0 Å². The van der Waals surface area contributed by atoms with Crippen molar-refractivity contribution in [2.45, 2.75) is 32.7 Å². The van der Waals surface area contributed by atoms with Gasteiger partial charge >= 0.3 is 0 Å². The molecule has 5 nitrogen and oxygen atoms in total. The highest BCUT2D eigenvalue weighted by molar-refractivity contribution is 5.46. The Morgan fingerprint density at radius 3 is 3.11 bits per heavy atom. The van der Waals surface area contributed by atoms with Crippen LogP contribution < -0.4 is 10.6 Å². The van der Waals surface area contributed by atoms with Crippen molar-refractivity contribution in [1.82, 2.24) is 14.6 Å². The lowest BCUT2D eigenvalue weighted by atomic mass is 9.91. The molecule has 0 spiro atoms.